The van der Waals surface area contributed by atoms with E-state index in [0.717, 1.165) is 33.8 Å². The lowest BCUT2D eigenvalue weighted by Gasteiger charge is -2.12. The zero-order chi connectivity index (χ0) is 18.1. The standard InChI is InChI=1S/C15H16O3.C5H4OS/c1-17-13-7-3-11(4-8-13)15(16)12-5-9-14(18-2)10-6-12;6-4-5-2-1-3-7-5/h3-10,15-16H,1-2H3;1-4H. The molecular weight excluding hydrogens is 336 g/mol. The first kappa shape index (κ1) is 18.7. The number of hydrogen-bond donors (Lipinski definition) is 1. The molecule has 0 saturated heterocycles. The second kappa shape index (κ2) is 9.61. The van der Waals surface area contributed by atoms with Gasteiger partial charge in [0.1, 0.15) is 17.6 Å². The van der Waals surface area contributed by atoms with Gasteiger partial charge in [-0.05, 0) is 46.8 Å². The van der Waals surface area contributed by atoms with E-state index in [4.69, 9.17) is 9.47 Å². The monoisotopic (exact) mass is 356 g/mol. The molecule has 1 aromatic heterocycles. The minimum atomic E-state index is -0.637. The summed E-state index contributed by atoms with van der Waals surface area (Å²) in [6, 6.07) is 18.4. The average molecular weight is 356 g/mol. The number of methoxy groups -OCH3 is 2. The molecule has 4 nitrogen and oxygen atoms in total. The smallest absolute Gasteiger partial charge is 0.159 e. The molecule has 0 aliphatic heterocycles. The van der Waals surface area contributed by atoms with Crippen molar-refractivity contribution in [2.45, 2.75) is 6.10 Å². The van der Waals surface area contributed by atoms with E-state index in [1.54, 1.807) is 20.3 Å². The highest BCUT2D eigenvalue weighted by molar-refractivity contribution is 7.11. The summed E-state index contributed by atoms with van der Waals surface area (Å²) in [7, 11) is 3.24. The van der Waals surface area contributed by atoms with Crippen LogP contribution in [0.25, 0.3) is 0 Å². The third-order valence-electron chi connectivity index (χ3n) is 3.52. The lowest BCUT2D eigenvalue weighted by atomic mass is 10.0. The van der Waals surface area contributed by atoms with Crippen LogP contribution in [-0.2, 0) is 0 Å². The summed E-state index contributed by atoms with van der Waals surface area (Å²) >= 11 is 1.45. The van der Waals surface area contributed by atoms with Crippen molar-refractivity contribution in [1.82, 2.24) is 0 Å². The molecule has 3 rings (SSSR count). The van der Waals surface area contributed by atoms with Gasteiger partial charge in [0, 0.05) is 0 Å². The highest BCUT2D eigenvalue weighted by Crippen LogP contribution is 2.25. The zero-order valence-corrected chi connectivity index (χ0v) is 14.9. The molecule has 0 unspecified atom stereocenters. The maximum absolute atomic E-state index is 10.2. The molecule has 2 aromatic carbocycles. The van der Waals surface area contributed by atoms with Crippen LogP contribution in [0.1, 0.15) is 26.9 Å². The average Bonchev–Trinajstić information content (AvgIpc) is 3.22. The molecule has 0 aliphatic rings. The predicted octanol–water partition coefficient (Wildman–Crippen LogP) is 4.35. The molecule has 0 fully saturated rings. The van der Waals surface area contributed by atoms with Crippen LogP contribution in [0.2, 0.25) is 0 Å². The molecule has 0 spiro atoms. The van der Waals surface area contributed by atoms with Gasteiger partial charge in [0.15, 0.2) is 6.29 Å². The van der Waals surface area contributed by atoms with Crippen molar-refractivity contribution >= 4 is 17.6 Å². The summed E-state index contributed by atoms with van der Waals surface area (Å²) in [4.78, 5) is 10.7. The van der Waals surface area contributed by atoms with Crippen molar-refractivity contribution in [3.8, 4) is 11.5 Å². The van der Waals surface area contributed by atoms with Crippen molar-refractivity contribution in [2.75, 3.05) is 14.2 Å². The zero-order valence-electron chi connectivity index (χ0n) is 14.1. The first-order chi connectivity index (χ1) is 12.2. The third kappa shape index (κ3) is 5.45. The first-order valence-electron chi connectivity index (χ1n) is 7.62. The predicted molar refractivity (Wildman–Crippen MR) is 99.8 cm³/mol. The second-order valence-corrected chi connectivity index (χ2v) is 6.06. The lowest BCUT2D eigenvalue weighted by Crippen LogP contribution is -1.99. The van der Waals surface area contributed by atoms with E-state index >= 15 is 0 Å². The quantitative estimate of drug-likeness (QED) is 0.691. The van der Waals surface area contributed by atoms with E-state index in [-0.39, 0.29) is 0 Å². The van der Waals surface area contributed by atoms with Crippen LogP contribution in [0.5, 0.6) is 11.5 Å². The number of aldehydes is 1. The maximum atomic E-state index is 10.2. The molecule has 0 saturated carbocycles. The van der Waals surface area contributed by atoms with Gasteiger partial charge in [-0.1, -0.05) is 30.3 Å². The fourth-order valence-electron chi connectivity index (χ4n) is 2.12. The van der Waals surface area contributed by atoms with Gasteiger partial charge in [-0.25, -0.2) is 0 Å². The number of benzene rings is 2. The highest BCUT2D eigenvalue weighted by Gasteiger charge is 2.10. The molecule has 0 amide bonds. The Morgan fingerprint density at radius 2 is 1.36 bits per heavy atom. The number of hydrogen-bond acceptors (Lipinski definition) is 5. The number of aliphatic hydroxyl groups excluding tert-OH is 1. The van der Waals surface area contributed by atoms with Crippen LogP contribution in [0, 0.1) is 0 Å². The van der Waals surface area contributed by atoms with Crippen molar-refractivity contribution < 1.29 is 19.4 Å². The summed E-state index contributed by atoms with van der Waals surface area (Å²) in [6.45, 7) is 0. The summed E-state index contributed by atoms with van der Waals surface area (Å²) in [6.07, 6.45) is 0.215. The van der Waals surface area contributed by atoms with Gasteiger partial charge in [0.05, 0.1) is 19.1 Å². The largest absolute Gasteiger partial charge is 0.497 e. The number of carbonyl (C=O) groups is 1. The molecule has 0 aliphatic carbocycles. The van der Waals surface area contributed by atoms with Crippen LogP contribution in [0.15, 0.2) is 66.0 Å². The minimum Gasteiger partial charge on any atom is -0.497 e. The SMILES string of the molecule is COc1ccc(C(O)c2ccc(OC)cc2)cc1.O=Cc1cccs1. The Labute approximate surface area is 151 Å². The van der Waals surface area contributed by atoms with Crippen LogP contribution in [-0.4, -0.2) is 25.6 Å². The molecule has 25 heavy (non-hydrogen) atoms. The van der Waals surface area contributed by atoms with Gasteiger partial charge < -0.3 is 14.6 Å². The van der Waals surface area contributed by atoms with E-state index in [1.807, 2.05) is 60.0 Å². The number of rotatable bonds is 5. The van der Waals surface area contributed by atoms with Crippen molar-refractivity contribution in [3.05, 3.63) is 82.0 Å². The Bertz CT molecular complexity index is 702. The van der Waals surface area contributed by atoms with Gasteiger partial charge in [0.25, 0.3) is 0 Å². The van der Waals surface area contributed by atoms with Crippen molar-refractivity contribution in [2.24, 2.45) is 0 Å². The number of ether oxygens (including phenoxy) is 2. The van der Waals surface area contributed by atoms with Crippen LogP contribution >= 0.6 is 11.3 Å². The van der Waals surface area contributed by atoms with Crippen molar-refractivity contribution in [1.29, 1.82) is 0 Å². The molecule has 5 heteroatoms. The molecular formula is C20H20O4S. The molecule has 0 atom stereocenters. The van der Waals surface area contributed by atoms with Crippen LogP contribution in [0.3, 0.4) is 0 Å². The topological polar surface area (TPSA) is 55.8 Å². The van der Waals surface area contributed by atoms with E-state index in [0.29, 0.717) is 0 Å². The maximum Gasteiger partial charge on any atom is 0.159 e. The van der Waals surface area contributed by atoms with E-state index in [9.17, 15) is 9.90 Å². The molecule has 1 N–H and O–H groups in total. The fraction of sp³-hybridized carbons (Fsp3) is 0.150. The summed E-state index contributed by atoms with van der Waals surface area (Å²) < 4.78 is 10.2. The van der Waals surface area contributed by atoms with E-state index in [1.165, 1.54) is 11.3 Å². The van der Waals surface area contributed by atoms with E-state index < -0.39 is 6.10 Å². The van der Waals surface area contributed by atoms with Crippen LogP contribution in [0.4, 0.5) is 0 Å². The first-order valence-corrected chi connectivity index (χ1v) is 8.50. The highest BCUT2D eigenvalue weighted by atomic mass is 32.1. The number of carbonyl (C=O) groups excluding carboxylic acids is 1. The summed E-state index contributed by atoms with van der Waals surface area (Å²) in [5.74, 6) is 1.56. The number of aliphatic hydroxyl groups is 1. The molecule has 0 bridgehead atoms. The van der Waals surface area contributed by atoms with Gasteiger partial charge in [-0.2, -0.15) is 0 Å². The Morgan fingerprint density at radius 3 is 1.64 bits per heavy atom. The van der Waals surface area contributed by atoms with Gasteiger partial charge in [0.2, 0.25) is 0 Å². The molecule has 130 valence electrons. The fourth-order valence-corrected chi connectivity index (χ4v) is 2.65. The summed E-state index contributed by atoms with van der Waals surface area (Å²) in [5, 5.41) is 12.1. The molecule has 0 radical (unpaired) electrons. The van der Waals surface area contributed by atoms with Gasteiger partial charge >= 0.3 is 0 Å². The Balaban J connectivity index is 0.000000269. The van der Waals surface area contributed by atoms with Gasteiger partial charge in [-0.3, -0.25) is 4.79 Å². The van der Waals surface area contributed by atoms with Gasteiger partial charge in [-0.15, -0.1) is 11.3 Å². The van der Waals surface area contributed by atoms with Crippen molar-refractivity contribution in [3.63, 3.8) is 0 Å². The molecule has 3 aromatic rings. The Kier molecular flexibility index (Phi) is 7.19. The third-order valence-corrected chi connectivity index (χ3v) is 4.32. The molecule has 1 heterocycles. The number of thiophene rings is 1. The normalized spacial score (nSPS) is 9.92. The summed E-state index contributed by atoms with van der Waals surface area (Å²) in [5.41, 5.74) is 1.67. The van der Waals surface area contributed by atoms with E-state index in [2.05, 4.69) is 0 Å². The minimum absolute atomic E-state index is 0.637. The Hall–Kier alpha value is -2.63. The Morgan fingerprint density at radius 1 is 0.880 bits per heavy atom. The van der Waals surface area contributed by atoms with Crippen LogP contribution < -0.4 is 9.47 Å². The lowest BCUT2D eigenvalue weighted by molar-refractivity contribution is 0.112. The second-order valence-electron chi connectivity index (χ2n) is 5.08.